The van der Waals surface area contributed by atoms with Gasteiger partial charge in [-0.25, -0.2) is 0 Å². The van der Waals surface area contributed by atoms with E-state index in [9.17, 15) is 9.70 Å². The highest BCUT2D eigenvalue weighted by Crippen LogP contribution is 2.31. The van der Waals surface area contributed by atoms with Gasteiger partial charge in [-0.2, -0.15) is 0 Å². The molecule has 1 aliphatic heterocycles. The molecule has 1 unspecified atom stereocenters. The molecule has 0 aromatic heterocycles. The first-order valence-corrected chi connectivity index (χ1v) is 5.13. The molecule has 1 N–H and O–H groups in total. The lowest BCUT2D eigenvalue weighted by molar-refractivity contribution is -0.139. The van der Waals surface area contributed by atoms with Gasteiger partial charge >= 0.3 is 5.97 Å². The number of nitroso groups, excluding NO2 is 1. The average molecular weight is 236 g/mol. The third-order valence-corrected chi connectivity index (χ3v) is 2.89. The van der Waals surface area contributed by atoms with E-state index in [2.05, 4.69) is 5.29 Å². The highest BCUT2D eigenvalue weighted by molar-refractivity contribution is 5.77. The van der Waals surface area contributed by atoms with Crippen molar-refractivity contribution in [2.75, 3.05) is 13.7 Å². The van der Waals surface area contributed by atoms with Crippen molar-refractivity contribution in [3.63, 3.8) is 0 Å². The molecule has 0 bridgehead atoms. The molecular formula is C11H12N2O4. The van der Waals surface area contributed by atoms with Crippen LogP contribution in [0.2, 0.25) is 0 Å². The summed E-state index contributed by atoms with van der Waals surface area (Å²) < 4.78 is 5.07. The van der Waals surface area contributed by atoms with Crippen molar-refractivity contribution in [3.05, 3.63) is 34.2 Å². The van der Waals surface area contributed by atoms with Crippen molar-refractivity contribution in [1.29, 1.82) is 0 Å². The maximum absolute atomic E-state index is 11.2. The summed E-state index contributed by atoms with van der Waals surface area (Å²) in [5, 5.41) is 13.2. The largest absolute Gasteiger partial charge is 0.497 e. The second-order valence-corrected chi connectivity index (χ2v) is 3.88. The van der Waals surface area contributed by atoms with E-state index in [4.69, 9.17) is 9.84 Å². The topological polar surface area (TPSA) is 79.2 Å². The van der Waals surface area contributed by atoms with Crippen LogP contribution in [0.4, 0.5) is 0 Å². The molecule has 2 rings (SSSR count). The third kappa shape index (κ3) is 2.06. The molecular weight excluding hydrogens is 224 g/mol. The van der Waals surface area contributed by atoms with Crippen LogP contribution < -0.4 is 4.74 Å². The van der Waals surface area contributed by atoms with Gasteiger partial charge in [0.05, 0.1) is 25.5 Å². The molecule has 90 valence electrons. The minimum atomic E-state index is -0.965. The van der Waals surface area contributed by atoms with Gasteiger partial charge in [-0.3, -0.25) is 9.80 Å². The molecule has 0 aliphatic carbocycles. The minimum absolute atomic E-state index is 0.0962. The van der Waals surface area contributed by atoms with Crippen LogP contribution in [-0.2, 0) is 11.3 Å². The van der Waals surface area contributed by atoms with Gasteiger partial charge in [-0.05, 0) is 23.3 Å². The Kier molecular flexibility index (Phi) is 2.95. The summed E-state index contributed by atoms with van der Waals surface area (Å²) in [6.45, 7) is 0.436. The summed E-state index contributed by atoms with van der Waals surface area (Å²) >= 11 is 0. The van der Waals surface area contributed by atoms with E-state index in [0.29, 0.717) is 17.9 Å². The van der Waals surface area contributed by atoms with Gasteiger partial charge in [0.25, 0.3) is 0 Å². The average Bonchev–Trinajstić information content (AvgIpc) is 2.36. The van der Waals surface area contributed by atoms with E-state index < -0.39 is 11.9 Å². The Morgan fingerprint density at radius 3 is 2.94 bits per heavy atom. The molecule has 17 heavy (non-hydrogen) atoms. The number of rotatable bonds is 3. The van der Waals surface area contributed by atoms with E-state index in [1.54, 1.807) is 18.2 Å². The number of carboxylic acids is 1. The van der Waals surface area contributed by atoms with Gasteiger partial charge in [0.15, 0.2) is 0 Å². The molecule has 1 aliphatic rings. The summed E-state index contributed by atoms with van der Waals surface area (Å²) in [4.78, 5) is 21.7. The zero-order valence-electron chi connectivity index (χ0n) is 9.29. The Bertz CT molecular complexity index is 461. The van der Waals surface area contributed by atoms with Gasteiger partial charge in [0.2, 0.25) is 0 Å². The lowest BCUT2D eigenvalue weighted by Gasteiger charge is -2.28. The van der Waals surface area contributed by atoms with Gasteiger partial charge in [-0.1, -0.05) is 6.07 Å². The maximum Gasteiger partial charge on any atom is 0.312 e. The molecule has 0 fully saturated rings. The minimum Gasteiger partial charge on any atom is -0.497 e. The van der Waals surface area contributed by atoms with Crippen LogP contribution in [0.1, 0.15) is 17.0 Å². The van der Waals surface area contributed by atoms with Crippen molar-refractivity contribution in [2.45, 2.75) is 12.5 Å². The molecule has 0 amide bonds. The summed E-state index contributed by atoms with van der Waals surface area (Å²) in [6, 6.07) is 5.21. The highest BCUT2D eigenvalue weighted by Gasteiger charge is 2.30. The van der Waals surface area contributed by atoms with Crippen LogP contribution in [0.5, 0.6) is 5.75 Å². The van der Waals surface area contributed by atoms with Crippen LogP contribution >= 0.6 is 0 Å². The fourth-order valence-corrected chi connectivity index (χ4v) is 2.01. The monoisotopic (exact) mass is 236 g/mol. The molecule has 0 saturated carbocycles. The fraction of sp³-hybridized carbons (Fsp3) is 0.364. The van der Waals surface area contributed by atoms with Gasteiger partial charge < -0.3 is 9.84 Å². The second kappa shape index (κ2) is 4.40. The molecule has 1 aromatic rings. The Morgan fingerprint density at radius 1 is 1.59 bits per heavy atom. The Hall–Kier alpha value is -2.11. The molecule has 0 radical (unpaired) electrons. The van der Waals surface area contributed by atoms with E-state index in [1.165, 1.54) is 12.1 Å². The fourth-order valence-electron chi connectivity index (χ4n) is 2.01. The van der Waals surface area contributed by atoms with Crippen LogP contribution in [0.3, 0.4) is 0 Å². The smallest absolute Gasteiger partial charge is 0.312 e. The number of carbonyl (C=O) groups is 1. The van der Waals surface area contributed by atoms with Crippen LogP contribution in [0.15, 0.2) is 23.5 Å². The second-order valence-electron chi connectivity index (χ2n) is 3.88. The van der Waals surface area contributed by atoms with Crippen molar-refractivity contribution in [1.82, 2.24) is 5.01 Å². The van der Waals surface area contributed by atoms with Crippen LogP contribution in [0, 0.1) is 4.91 Å². The van der Waals surface area contributed by atoms with Crippen molar-refractivity contribution < 1.29 is 14.6 Å². The first kappa shape index (κ1) is 11.4. The van der Waals surface area contributed by atoms with E-state index in [-0.39, 0.29) is 6.54 Å². The standard InChI is InChI=1S/C11H12N2O4/c1-17-8-3-2-7-5-13(12-16)6-10(11(14)15)9(7)4-8/h2-4,10H,5-6H2,1H3,(H,14,15). The number of fused-ring (bicyclic) bond motifs is 1. The van der Waals surface area contributed by atoms with Crippen LogP contribution in [-0.4, -0.2) is 29.7 Å². The number of aliphatic carboxylic acids is 1. The lowest BCUT2D eigenvalue weighted by Crippen LogP contribution is -2.33. The molecule has 0 saturated heterocycles. The number of methoxy groups -OCH3 is 1. The van der Waals surface area contributed by atoms with Gasteiger partial charge in [0.1, 0.15) is 11.7 Å². The van der Waals surface area contributed by atoms with Crippen molar-refractivity contribution in [2.24, 2.45) is 5.29 Å². The molecule has 6 heteroatoms. The molecule has 1 heterocycles. The van der Waals surface area contributed by atoms with Crippen molar-refractivity contribution >= 4 is 5.97 Å². The van der Waals surface area contributed by atoms with Gasteiger partial charge in [0, 0.05) is 0 Å². The normalized spacial score (nSPS) is 18.4. The number of carboxylic acid groups (broad SMARTS) is 1. The zero-order chi connectivity index (χ0) is 12.4. The molecule has 0 spiro atoms. The van der Waals surface area contributed by atoms with E-state index in [1.807, 2.05) is 0 Å². The van der Waals surface area contributed by atoms with Crippen LogP contribution in [0.25, 0.3) is 0 Å². The number of benzene rings is 1. The number of nitrogens with zero attached hydrogens (tertiary/aromatic N) is 2. The molecule has 6 nitrogen and oxygen atoms in total. The maximum atomic E-state index is 11.2. The number of hydrogen-bond donors (Lipinski definition) is 1. The summed E-state index contributed by atoms with van der Waals surface area (Å²) in [5.41, 5.74) is 1.49. The third-order valence-electron chi connectivity index (χ3n) is 2.89. The summed E-state index contributed by atoms with van der Waals surface area (Å²) in [7, 11) is 1.53. The number of ether oxygens (including phenoxy) is 1. The lowest BCUT2D eigenvalue weighted by atomic mass is 9.90. The molecule has 1 atom stereocenters. The SMILES string of the molecule is COc1ccc2c(c1)C(C(=O)O)CN(N=O)C2. The Labute approximate surface area is 97.7 Å². The Morgan fingerprint density at radius 2 is 2.35 bits per heavy atom. The molecule has 1 aromatic carbocycles. The predicted molar refractivity (Wildman–Crippen MR) is 59.6 cm³/mol. The Balaban J connectivity index is 2.45. The highest BCUT2D eigenvalue weighted by atomic mass is 16.5. The predicted octanol–water partition coefficient (Wildman–Crippen LogP) is 1.36. The van der Waals surface area contributed by atoms with Gasteiger partial charge in [-0.15, -0.1) is 4.91 Å². The quantitative estimate of drug-likeness (QED) is 0.801. The summed E-state index contributed by atoms with van der Waals surface area (Å²) in [6.07, 6.45) is 0. The zero-order valence-corrected chi connectivity index (χ0v) is 9.29. The van der Waals surface area contributed by atoms with E-state index >= 15 is 0 Å². The first-order valence-electron chi connectivity index (χ1n) is 5.13. The first-order chi connectivity index (χ1) is 8.15. The summed E-state index contributed by atoms with van der Waals surface area (Å²) in [5.74, 6) is -1.10. The number of hydrogen-bond acceptors (Lipinski definition) is 4. The van der Waals surface area contributed by atoms with Crippen molar-refractivity contribution in [3.8, 4) is 5.75 Å². The van der Waals surface area contributed by atoms with E-state index in [0.717, 1.165) is 5.56 Å².